The van der Waals surface area contributed by atoms with Crippen molar-refractivity contribution in [2.45, 2.75) is 26.1 Å². The number of carbonyl (C=O) groups is 1. The third kappa shape index (κ3) is 4.28. The Balaban J connectivity index is 1.86. The summed E-state index contributed by atoms with van der Waals surface area (Å²) in [5.74, 6) is -0.0443. The largest absolute Gasteiger partial charge is 0.471 e. The summed E-state index contributed by atoms with van der Waals surface area (Å²) in [7, 11) is 0. The molecule has 7 heteroatoms. The summed E-state index contributed by atoms with van der Waals surface area (Å²) in [6.07, 6.45) is 0. The molecule has 0 saturated heterocycles. The third-order valence-electron chi connectivity index (χ3n) is 2.88. The molecule has 0 aliphatic rings. The van der Waals surface area contributed by atoms with Crippen LogP contribution in [0.3, 0.4) is 0 Å². The van der Waals surface area contributed by atoms with E-state index in [4.69, 9.17) is 15.0 Å². The van der Waals surface area contributed by atoms with E-state index in [0.29, 0.717) is 17.9 Å². The van der Waals surface area contributed by atoms with E-state index in [1.807, 2.05) is 0 Å². The van der Waals surface area contributed by atoms with Crippen LogP contribution < -0.4 is 15.8 Å². The molecule has 0 radical (unpaired) electrons. The maximum atomic E-state index is 13.4. The third-order valence-corrected chi connectivity index (χ3v) is 2.88. The van der Waals surface area contributed by atoms with Gasteiger partial charge in [0.25, 0.3) is 5.88 Å². The maximum absolute atomic E-state index is 13.4. The monoisotopic (exact) mass is 293 g/mol. The topological polar surface area (TPSA) is 90.4 Å². The number of ether oxygens (including phenoxy) is 1. The van der Waals surface area contributed by atoms with Gasteiger partial charge >= 0.3 is 0 Å². The summed E-state index contributed by atoms with van der Waals surface area (Å²) in [5, 5.41) is 6.58. The van der Waals surface area contributed by atoms with Crippen LogP contribution in [-0.2, 0) is 17.9 Å². The first-order valence-corrected chi connectivity index (χ1v) is 6.40. The number of rotatable bonds is 7. The summed E-state index contributed by atoms with van der Waals surface area (Å²) < 4.78 is 23.8. The molecule has 1 amide bonds. The van der Waals surface area contributed by atoms with Gasteiger partial charge in [-0.25, -0.2) is 4.39 Å². The number of halogens is 1. The predicted molar refractivity (Wildman–Crippen MR) is 72.7 cm³/mol. The minimum absolute atomic E-state index is 0.0593. The van der Waals surface area contributed by atoms with Crippen LogP contribution in [0, 0.1) is 5.82 Å². The van der Waals surface area contributed by atoms with Gasteiger partial charge in [-0.15, -0.1) is 0 Å². The van der Waals surface area contributed by atoms with Crippen molar-refractivity contribution in [1.29, 1.82) is 0 Å². The van der Waals surface area contributed by atoms with Gasteiger partial charge in [0, 0.05) is 11.6 Å². The SMILES string of the molecule is CC(NCc1cc(OCc2ccccc2F)no1)C(N)=O. The van der Waals surface area contributed by atoms with Gasteiger partial charge in [0.05, 0.1) is 12.6 Å². The van der Waals surface area contributed by atoms with Crippen LogP contribution in [-0.4, -0.2) is 17.1 Å². The zero-order valence-electron chi connectivity index (χ0n) is 11.5. The Morgan fingerprint density at radius 2 is 2.29 bits per heavy atom. The number of aromatic nitrogens is 1. The molecule has 0 spiro atoms. The quantitative estimate of drug-likeness (QED) is 0.804. The molecule has 1 aromatic carbocycles. The van der Waals surface area contributed by atoms with E-state index in [1.165, 1.54) is 6.07 Å². The molecule has 112 valence electrons. The Labute approximate surface area is 121 Å². The van der Waals surface area contributed by atoms with E-state index < -0.39 is 11.9 Å². The van der Waals surface area contributed by atoms with Gasteiger partial charge in [-0.2, -0.15) is 0 Å². The predicted octanol–water partition coefficient (Wildman–Crippen LogP) is 1.36. The Hall–Kier alpha value is -2.41. The summed E-state index contributed by atoms with van der Waals surface area (Å²) in [5.41, 5.74) is 5.56. The number of carbonyl (C=O) groups excluding carboxylic acids is 1. The number of nitrogens with two attached hydrogens (primary N) is 1. The Bertz CT molecular complexity index is 615. The first kappa shape index (κ1) is 15.0. The van der Waals surface area contributed by atoms with Gasteiger partial charge in [-0.1, -0.05) is 18.2 Å². The second-order valence-corrected chi connectivity index (χ2v) is 4.52. The van der Waals surface area contributed by atoms with E-state index in [0.717, 1.165) is 0 Å². The zero-order chi connectivity index (χ0) is 15.2. The number of hydrogen-bond acceptors (Lipinski definition) is 5. The van der Waals surface area contributed by atoms with Crippen molar-refractivity contribution in [1.82, 2.24) is 10.5 Å². The van der Waals surface area contributed by atoms with E-state index in [1.54, 1.807) is 31.2 Å². The average molecular weight is 293 g/mol. The number of primary amides is 1. The molecule has 0 bridgehead atoms. The normalized spacial score (nSPS) is 12.1. The smallest absolute Gasteiger partial charge is 0.254 e. The molecule has 3 N–H and O–H groups in total. The van der Waals surface area contributed by atoms with Gasteiger partial charge in [-0.3, -0.25) is 10.1 Å². The fraction of sp³-hybridized carbons (Fsp3) is 0.286. The highest BCUT2D eigenvalue weighted by molar-refractivity contribution is 5.79. The fourth-order valence-electron chi connectivity index (χ4n) is 1.57. The molecular formula is C14H16FN3O3. The van der Waals surface area contributed by atoms with Gasteiger partial charge in [0.1, 0.15) is 12.4 Å². The van der Waals surface area contributed by atoms with E-state index in [9.17, 15) is 9.18 Å². The van der Waals surface area contributed by atoms with Crippen LogP contribution in [0.25, 0.3) is 0 Å². The lowest BCUT2D eigenvalue weighted by Gasteiger charge is -2.06. The standard InChI is InChI=1S/C14H16FN3O3/c1-9(14(16)19)17-7-11-6-13(18-21-11)20-8-10-4-2-3-5-12(10)15/h2-6,9,17H,7-8H2,1H3,(H2,16,19). The highest BCUT2D eigenvalue weighted by Crippen LogP contribution is 2.14. The van der Waals surface area contributed by atoms with Crippen molar-refractivity contribution in [3.63, 3.8) is 0 Å². The Morgan fingerprint density at radius 1 is 1.52 bits per heavy atom. The molecule has 2 rings (SSSR count). The van der Waals surface area contributed by atoms with Gasteiger partial charge in [0.15, 0.2) is 5.76 Å². The van der Waals surface area contributed by atoms with Crippen molar-refractivity contribution < 1.29 is 18.4 Å². The second kappa shape index (κ2) is 6.85. The zero-order valence-corrected chi connectivity index (χ0v) is 11.5. The Morgan fingerprint density at radius 3 is 3.00 bits per heavy atom. The molecule has 0 aliphatic heterocycles. The van der Waals surface area contributed by atoms with Crippen molar-refractivity contribution in [2.24, 2.45) is 5.73 Å². The maximum Gasteiger partial charge on any atom is 0.254 e. The number of hydrogen-bond donors (Lipinski definition) is 2. The summed E-state index contributed by atoms with van der Waals surface area (Å²) >= 11 is 0. The van der Waals surface area contributed by atoms with Crippen molar-refractivity contribution in [3.8, 4) is 5.88 Å². The van der Waals surface area contributed by atoms with Crippen LogP contribution in [0.4, 0.5) is 4.39 Å². The van der Waals surface area contributed by atoms with Crippen LogP contribution in [0.1, 0.15) is 18.2 Å². The second-order valence-electron chi connectivity index (χ2n) is 4.52. The minimum Gasteiger partial charge on any atom is -0.471 e. The number of nitrogens with one attached hydrogen (secondary N) is 1. The minimum atomic E-state index is -0.474. The molecule has 2 aromatic rings. The summed E-state index contributed by atoms with van der Waals surface area (Å²) in [4.78, 5) is 10.9. The fourth-order valence-corrected chi connectivity index (χ4v) is 1.57. The number of amides is 1. The lowest BCUT2D eigenvalue weighted by molar-refractivity contribution is -0.119. The van der Waals surface area contributed by atoms with E-state index in [2.05, 4.69) is 10.5 Å². The lowest BCUT2D eigenvalue weighted by Crippen LogP contribution is -2.38. The number of benzene rings is 1. The molecule has 1 atom stereocenters. The van der Waals surface area contributed by atoms with Gasteiger partial charge in [-0.05, 0) is 18.1 Å². The highest BCUT2D eigenvalue weighted by Gasteiger charge is 2.11. The molecule has 0 aliphatic carbocycles. The first-order valence-electron chi connectivity index (χ1n) is 6.40. The molecule has 1 unspecified atom stereocenters. The van der Waals surface area contributed by atoms with Crippen LogP contribution in [0.15, 0.2) is 34.9 Å². The Kier molecular flexibility index (Phi) is 4.89. The van der Waals surface area contributed by atoms with Gasteiger partial charge in [0.2, 0.25) is 5.91 Å². The van der Waals surface area contributed by atoms with Crippen LogP contribution in [0.2, 0.25) is 0 Å². The molecule has 1 heterocycles. The average Bonchev–Trinajstić information content (AvgIpc) is 2.91. The van der Waals surface area contributed by atoms with Gasteiger partial charge < -0.3 is 15.0 Å². The summed E-state index contributed by atoms with van der Waals surface area (Å²) in [6.45, 7) is 2.00. The molecule has 6 nitrogen and oxygen atoms in total. The first-order chi connectivity index (χ1) is 10.1. The van der Waals surface area contributed by atoms with E-state index >= 15 is 0 Å². The summed E-state index contributed by atoms with van der Waals surface area (Å²) in [6, 6.07) is 7.43. The molecule has 21 heavy (non-hydrogen) atoms. The van der Waals surface area contributed by atoms with Crippen molar-refractivity contribution in [2.75, 3.05) is 0 Å². The van der Waals surface area contributed by atoms with Crippen LogP contribution >= 0.6 is 0 Å². The lowest BCUT2D eigenvalue weighted by atomic mass is 10.2. The highest BCUT2D eigenvalue weighted by atomic mass is 19.1. The van der Waals surface area contributed by atoms with E-state index in [-0.39, 0.29) is 18.3 Å². The molecule has 0 fully saturated rings. The van der Waals surface area contributed by atoms with Crippen LogP contribution in [0.5, 0.6) is 5.88 Å². The molecule has 1 aromatic heterocycles. The number of nitrogens with zero attached hydrogens (tertiary/aromatic N) is 1. The van der Waals surface area contributed by atoms with Crippen molar-refractivity contribution in [3.05, 3.63) is 47.5 Å². The molecule has 0 saturated carbocycles. The molecular weight excluding hydrogens is 277 g/mol. The van der Waals surface area contributed by atoms with Crippen molar-refractivity contribution >= 4 is 5.91 Å².